The first-order valence-electron chi connectivity index (χ1n) is 3.14. The van der Waals surface area contributed by atoms with Gasteiger partial charge in [0.05, 0.1) is 0 Å². The predicted octanol–water partition coefficient (Wildman–Crippen LogP) is 1.19. The van der Waals surface area contributed by atoms with Crippen LogP contribution in [-0.2, 0) is 9.09 Å². The molecule has 1 atom stereocenters. The van der Waals surface area contributed by atoms with Gasteiger partial charge in [-0.05, 0) is 12.1 Å². The maximum atomic E-state index is 10.7. The van der Waals surface area contributed by atoms with Crippen LogP contribution in [0, 0.1) is 0 Å². The first kappa shape index (κ1) is 12.0. The summed E-state index contributed by atoms with van der Waals surface area (Å²) >= 11 is 0. The third-order valence-corrected chi connectivity index (χ3v) is 1.85. The van der Waals surface area contributed by atoms with E-state index < -0.39 is 8.25 Å². The van der Waals surface area contributed by atoms with Gasteiger partial charge in [0.15, 0.2) is 0 Å². The van der Waals surface area contributed by atoms with Crippen molar-refractivity contribution in [2.75, 3.05) is 7.11 Å². The van der Waals surface area contributed by atoms with Crippen molar-refractivity contribution in [2.45, 2.75) is 0 Å². The summed E-state index contributed by atoms with van der Waals surface area (Å²) in [6.45, 7) is 0. The van der Waals surface area contributed by atoms with Crippen LogP contribution < -0.4 is 4.52 Å². The molecule has 3 nitrogen and oxygen atoms in total. The fraction of sp³-hybridized carbons (Fsp3) is 0.143. The quantitative estimate of drug-likeness (QED) is 0.540. The molecule has 0 spiro atoms. The fourth-order valence-electron chi connectivity index (χ4n) is 0.626. The van der Waals surface area contributed by atoms with Crippen molar-refractivity contribution in [1.29, 1.82) is 0 Å². The van der Waals surface area contributed by atoms with Crippen LogP contribution in [0.25, 0.3) is 0 Å². The lowest BCUT2D eigenvalue weighted by atomic mass is 10.3. The molecule has 0 aliphatic rings. The highest BCUT2D eigenvalue weighted by molar-refractivity contribution is 7.33. The Hall–Kier alpha value is -0.0238. The molecule has 0 heterocycles. The maximum Gasteiger partial charge on any atom is 0.367 e. The SMILES string of the molecule is CO[PH](=O)Oc1ccccc1.[MgH2]. The molecule has 1 unspecified atom stereocenters. The van der Waals surface area contributed by atoms with Gasteiger partial charge in [0.2, 0.25) is 0 Å². The molecule has 1 aromatic carbocycles. The Kier molecular flexibility index (Phi) is 6.47. The Morgan fingerprint density at radius 2 is 1.83 bits per heavy atom. The van der Waals surface area contributed by atoms with Crippen LogP contribution >= 0.6 is 8.25 Å². The minimum Gasteiger partial charge on any atom is -0.426 e. The van der Waals surface area contributed by atoms with Gasteiger partial charge in [-0.25, -0.2) is 4.57 Å². The van der Waals surface area contributed by atoms with Crippen molar-refractivity contribution < 1.29 is 13.6 Å². The van der Waals surface area contributed by atoms with Gasteiger partial charge in [0, 0.05) is 7.11 Å². The molecular weight excluding hydrogens is 187 g/mol. The summed E-state index contributed by atoms with van der Waals surface area (Å²) in [5.41, 5.74) is 0. The molecule has 0 saturated heterocycles. The standard InChI is InChI=1S/C7H9O3P.Mg.2H/c1-9-11(8)10-7-5-3-2-4-6-7;;;/h2-6,11H,1H3;;;. The van der Waals surface area contributed by atoms with Crippen molar-refractivity contribution in [1.82, 2.24) is 0 Å². The molecule has 0 bridgehead atoms. The second-order valence-electron chi connectivity index (χ2n) is 1.87. The average Bonchev–Trinajstić information content (AvgIpc) is 2.06. The second kappa shape index (κ2) is 6.49. The van der Waals surface area contributed by atoms with Crippen molar-refractivity contribution in [3.8, 4) is 5.75 Å². The predicted molar refractivity (Wildman–Crippen MR) is 51.6 cm³/mol. The van der Waals surface area contributed by atoms with Gasteiger partial charge < -0.3 is 9.05 Å². The third kappa shape index (κ3) is 4.12. The highest BCUT2D eigenvalue weighted by Gasteiger charge is 1.96. The van der Waals surface area contributed by atoms with Crippen LogP contribution in [0.5, 0.6) is 5.75 Å². The molecule has 0 fully saturated rings. The monoisotopic (exact) mass is 198 g/mol. The highest BCUT2D eigenvalue weighted by Crippen LogP contribution is 2.25. The van der Waals surface area contributed by atoms with E-state index in [1.807, 2.05) is 6.07 Å². The fourth-order valence-corrected chi connectivity index (χ4v) is 1.04. The van der Waals surface area contributed by atoms with Gasteiger partial charge in [-0.3, -0.25) is 0 Å². The van der Waals surface area contributed by atoms with Gasteiger partial charge in [0.1, 0.15) is 5.75 Å². The van der Waals surface area contributed by atoms with Crippen LogP contribution in [0.15, 0.2) is 30.3 Å². The zero-order valence-corrected chi connectivity index (χ0v) is 7.11. The van der Waals surface area contributed by atoms with Gasteiger partial charge in [-0.2, -0.15) is 0 Å². The molecule has 0 aliphatic carbocycles. The molecule has 1 rings (SSSR count). The summed E-state index contributed by atoms with van der Waals surface area (Å²) < 4.78 is 20.1. The minimum atomic E-state index is -2.33. The van der Waals surface area contributed by atoms with Gasteiger partial charge >= 0.3 is 31.3 Å². The van der Waals surface area contributed by atoms with E-state index in [2.05, 4.69) is 4.52 Å². The van der Waals surface area contributed by atoms with Crippen LogP contribution in [0.2, 0.25) is 0 Å². The van der Waals surface area contributed by atoms with Gasteiger partial charge in [-0.1, -0.05) is 18.2 Å². The lowest BCUT2D eigenvalue weighted by Crippen LogP contribution is -1.80. The Labute approximate surface area is 88.2 Å². The van der Waals surface area contributed by atoms with Crippen LogP contribution in [0.1, 0.15) is 0 Å². The Morgan fingerprint density at radius 1 is 1.25 bits per heavy atom. The molecular formula is C7H11MgO3P. The minimum absolute atomic E-state index is 0. The molecule has 12 heavy (non-hydrogen) atoms. The van der Waals surface area contributed by atoms with Crippen molar-refractivity contribution in [2.24, 2.45) is 0 Å². The molecule has 0 aliphatic heterocycles. The molecule has 0 radical (unpaired) electrons. The van der Waals surface area contributed by atoms with E-state index in [1.165, 1.54) is 7.11 Å². The van der Waals surface area contributed by atoms with E-state index in [9.17, 15) is 4.57 Å². The second-order valence-corrected chi connectivity index (χ2v) is 2.98. The Bertz CT molecular complexity index is 240. The largest absolute Gasteiger partial charge is 0.426 e. The van der Waals surface area contributed by atoms with Crippen molar-refractivity contribution in [3.63, 3.8) is 0 Å². The summed E-state index contributed by atoms with van der Waals surface area (Å²) in [6.07, 6.45) is 0. The number of benzene rings is 1. The van der Waals surface area contributed by atoms with Gasteiger partial charge in [0.25, 0.3) is 0 Å². The first-order chi connectivity index (χ1) is 5.33. The van der Waals surface area contributed by atoms with Gasteiger partial charge in [-0.15, -0.1) is 0 Å². The Morgan fingerprint density at radius 3 is 2.33 bits per heavy atom. The van der Waals surface area contributed by atoms with Crippen LogP contribution in [0.3, 0.4) is 0 Å². The summed E-state index contributed by atoms with van der Waals surface area (Å²) in [6, 6.07) is 8.92. The normalized spacial score (nSPS) is 11.4. The summed E-state index contributed by atoms with van der Waals surface area (Å²) in [5.74, 6) is 0.568. The molecule has 0 saturated carbocycles. The zero-order chi connectivity index (χ0) is 8.10. The summed E-state index contributed by atoms with van der Waals surface area (Å²) in [4.78, 5) is 0. The molecule has 64 valence electrons. The van der Waals surface area contributed by atoms with E-state index >= 15 is 0 Å². The topological polar surface area (TPSA) is 35.5 Å². The summed E-state index contributed by atoms with van der Waals surface area (Å²) in [7, 11) is -0.980. The molecule has 0 N–H and O–H groups in total. The lowest BCUT2D eigenvalue weighted by Gasteiger charge is -2.01. The van der Waals surface area contributed by atoms with Crippen LogP contribution in [0.4, 0.5) is 0 Å². The van der Waals surface area contributed by atoms with Crippen LogP contribution in [-0.4, -0.2) is 30.2 Å². The number of hydrogen-bond donors (Lipinski definition) is 0. The van der Waals surface area contributed by atoms with E-state index in [1.54, 1.807) is 24.3 Å². The lowest BCUT2D eigenvalue weighted by molar-refractivity contribution is 0.349. The van der Waals surface area contributed by atoms with E-state index in [0.717, 1.165) is 0 Å². The van der Waals surface area contributed by atoms with E-state index in [0.29, 0.717) is 5.75 Å². The van der Waals surface area contributed by atoms with E-state index in [-0.39, 0.29) is 23.1 Å². The molecule has 0 aromatic heterocycles. The molecule has 0 amide bonds. The highest BCUT2D eigenvalue weighted by atomic mass is 31.1. The van der Waals surface area contributed by atoms with Crippen molar-refractivity contribution in [3.05, 3.63) is 30.3 Å². The maximum absolute atomic E-state index is 10.7. The molecule has 5 heteroatoms. The summed E-state index contributed by atoms with van der Waals surface area (Å²) in [5, 5.41) is 0. The Balaban J connectivity index is 0.00000121. The number of rotatable bonds is 3. The number of para-hydroxylation sites is 1. The molecule has 1 aromatic rings. The zero-order valence-electron chi connectivity index (χ0n) is 6.11. The van der Waals surface area contributed by atoms with Crippen molar-refractivity contribution >= 4 is 31.3 Å². The van der Waals surface area contributed by atoms with E-state index in [4.69, 9.17) is 4.52 Å². The number of hydrogen-bond acceptors (Lipinski definition) is 3. The first-order valence-corrected chi connectivity index (χ1v) is 4.36. The third-order valence-electron chi connectivity index (χ3n) is 1.11. The smallest absolute Gasteiger partial charge is 0.367 e. The average molecular weight is 198 g/mol.